The average molecular weight is 318 g/mol. The van der Waals surface area contributed by atoms with Crippen molar-refractivity contribution in [3.63, 3.8) is 0 Å². The van der Waals surface area contributed by atoms with Crippen LogP contribution in [-0.2, 0) is 4.79 Å². The minimum atomic E-state index is 0.0199. The van der Waals surface area contributed by atoms with Gasteiger partial charge in [0.05, 0.1) is 6.61 Å². The molecule has 0 aliphatic carbocycles. The summed E-state index contributed by atoms with van der Waals surface area (Å²) >= 11 is 0. The number of amides is 1. The Morgan fingerprint density at radius 1 is 1.30 bits per heavy atom. The minimum absolute atomic E-state index is 0.0199. The van der Waals surface area contributed by atoms with E-state index in [1.807, 2.05) is 11.0 Å². The van der Waals surface area contributed by atoms with Crippen molar-refractivity contribution in [3.8, 4) is 5.75 Å². The van der Waals surface area contributed by atoms with E-state index >= 15 is 0 Å². The van der Waals surface area contributed by atoms with Crippen molar-refractivity contribution in [2.45, 2.75) is 32.6 Å². The van der Waals surface area contributed by atoms with Crippen LogP contribution < -0.4 is 10.5 Å². The normalized spacial score (nSPS) is 15.5. The molecule has 0 spiro atoms. The van der Waals surface area contributed by atoms with Gasteiger partial charge in [0, 0.05) is 25.1 Å². The zero-order valence-electron chi connectivity index (χ0n) is 13.8. The number of carbonyl (C=O) groups excluding carboxylic acids is 2. The minimum Gasteiger partial charge on any atom is -0.494 e. The predicted octanol–water partition coefficient (Wildman–Crippen LogP) is 2.25. The SMILES string of the molecule is CC(=O)c1cccc(OCCCC(=O)N2CCC(CN)CC2)c1. The van der Waals surface area contributed by atoms with Crippen LogP contribution in [0.2, 0.25) is 0 Å². The maximum atomic E-state index is 12.1. The van der Waals surface area contributed by atoms with Crippen molar-refractivity contribution in [3.05, 3.63) is 29.8 Å². The van der Waals surface area contributed by atoms with Gasteiger partial charge in [-0.2, -0.15) is 0 Å². The summed E-state index contributed by atoms with van der Waals surface area (Å²) in [6.45, 7) is 4.37. The van der Waals surface area contributed by atoms with Crippen molar-refractivity contribution in [2.75, 3.05) is 26.2 Å². The van der Waals surface area contributed by atoms with Gasteiger partial charge in [-0.15, -0.1) is 0 Å². The third-order valence-electron chi connectivity index (χ3n) is 4.34. The summed E-state index contributed by atoms with van der Waals surface area (Å²) in [5, 5.41) is 0. The molecule has 1 fully saturated rings. The van der Waals surface area contributed by atoms with Crippen LogP contribution in [0.1, 0.15) is 43.0 Å². The Morgan fingerprint density at radius 2 is 2.04 bits per heavy atom. The van der Waals surface area contributed by atoms with Gasteiger partial charge in [0.2, 0.25) is 5.91 Å². The lowest BCUT2D eigenvalue weighted by Crippen LogP contribution is -2.40. The van der Waals surface area contributed by atoms with Gasteiger partial charge in [-0.3, -0.25) is 9.59 Å². The van der Waals surface area contributed by atoms with E-state index in [-0.39, 0.29) is 11.7 Å². The zero-order valence-corrected chi connectivity index (χ0v) is 13.8. The van der Waals surface area contributed by atoms with E-state index in [9.17, 15) is 9.59 Å². The van der Waals surface area contributed by atoms with Gasteiger partial charge in [0.25, 0.3) is 0 Å². The number of rotatable bonds is 7. The molecule has 126 valence electrons. The van der Waals surface area contributed by atoms with Crippen LogP contribution in [0.5, 0.6) is 5.75 Å². The van der Waals surface area contributed by atoms with Crippen molar-refractivity contribution >= 4 is 11.7 Å². The molecule has 2 rings (SSSR count). The molecular formula is C18H26N2O3. The van der Waals surface area contributed by atoms with Crippen LogP contribution in [0.4, 0.5) is 0 Å². The number of benzene rings is 1. The van der Waals surface area contributed by atoms with Gasteiger partial charge in [-0.05, 0) is 50.8 Å². The molecule has 0 unspecified atom stereocenters. The fourth-order valence-corrected chi connectivity index (χ4v) is 2.79. The zero-order chi connectivity index (χ0) is 16.7. The lowest BCUT2D eigenvalue weighted by Gasteiger charge is -2.31. The first kappa shape index (κ1) is 17.5. The Hall–Kier alpha value is -1.88. The number of ketones is 1. The Balaban J connectivity index is 1.68. The summed E-state index contributed by atoms with van der Waals surface area (Å²) in [7, 11) is 0. The molecule has 23 heavy (non-hydrogen) atoms. The van der Waals surface area contributed by atoms with Crippen molar-refractivity contribution < 1.29 is 14.3 Å². The molecule has 1 aliphatic heterocycles. The van der Waals surface area contributed by atoms with E-state index in [1.54, 1.807) is 18.2 Å². The molecule has 0 bridgehead atoms. The van der Waals surface area contributed by atoms with Gasteiger partial charge in [0.1, 0.15) is 5.75 Å². The Kier molecular flexibility index (Phi) is 6.59. The number of likely N-dealkylation sites (tertiary alicyclic amines) is 1. The lowest BCUT2D eigenvalue weighted by atomic mass is 9.97. The van der Waals surface area contributed by atoms with Crippen molar-refractivity contribution in [2.24, 2.45) is 11.7 Å². The molecule has 1 aromatic rings. The number of piperidine rings is 1. The number of hydrogen-bond acceptors (Lipinski definition) is 4. The van der Waals surface area contributed by atoms with Crippen LogP contribution in [0.15, 0.2) is 24.3 Å². The molecule has 0 saturated carbocycles. The Morgan fingerprint density at radius 3 is 2.70 bits per heavy atom. The Bertz CT molecular complexity index is 537. The highest BCUT2D eigenvalue weighted by Gasteiger charge is 2.21. The van der Waals surface area contributed by atoms with Crippen molar-refractivity contribution in [1.82, 2.24) is 4.90 Å². The summed E-state index contributed by atoms with van der Waals surface area (Å²) in [6.07, 6.45) is 3.20. The number of nitrogens with two attached hydrogens (primary N) is 1. The molecule has 2 N–H and O–H groups in total. The summed E-state index contributed by atoms with van der Waals surface area (Å²) < 4.78 is 5.63. The number of nitrogens with zero attached hydrogens (tertiary/aromatic N) is 1. The molecule has 0 radical (unpaired) electrons. The highest BCUT2D eigenvalue weighted by Crippen LogP contribution is 2.17. The first-order valence-electron chi connectivity index (χ1n) is 8.32. The first-order chi connectivity index (χ1) is 11.1. The number of carbonyl (C=O) groups is 2. The third kappa shape index (κ3) is 5.36. The van der Waals surface area contributed by atoms with Gasteiger partial charge in [-0.25, -0.2) is 0 Å². The second kappa shape index (κ2) is 8.67. The van der Waals surface area contributed by atoms with E-state index in [0.717, 1.165) is 32.5 Å². The molecule has 5 heteroatoms. The molecule has 1 aromatic carbocycles. The number of ether oxygens (including phenoxy) is 1. The van der Waals surface area contributed by atoms with Gasteiger partial charge >= 0.3 is 0 Å². The van der Waals surface area contributed by atoms with E-state index in [2.05, 4.69) is 0 Å². The quantitative estimate of drug-likeness (QED) is 0.618. The fraction of sp³-hybridized carbons (Fsp3) is 0.556. The van der Waals surface area contributed by atoms with Crippen LogP contribution in [0.3, 0.4) is 0 Å². The van der Waals surface area contributed by atoms with E-state index < -0.39 is 0 Å². The van der Waals surface area contributed by atoms with Crippen LogP contribution >= 0.6 is 0 Å². The molecule has 5 nitrogen and oxygen atoms in total. The second-order valence-corrected chi connectivity index (χ2v) is 6.10. The van der Waals surface area contributed by atoms with Crippen LogP contribution in [0, 0.1) is 5.92 Å². The molecule has 1 aliphatic rings. The molecular weight excluding hydrogens is 292 g/mol. The van der Waals surface area contributed by atoms with E-state index in [4.69, 9.17) is 10.5 Å². The molecule has 1 amide bonds. The maximum absolute atomic E-state index is 12.1. The van der Waals surface area contributed by atoms with E-state index in [1.165, 1.54) is 6.92 Å². The molecule has 1 saturated heterocycles. The third-order valence-corrected chi connectivity index (χ3v) is 4.34. The molecule has 0 aromatic heterocycles. The highest BCUT2D eigenvalue weighted by molar-refractivity contribution is 5.94. The van der Waals surface area contributed by atoms with Gasteiger partial charge in [0.15, 0.2) is 5.78 Å². The highest BCUT2D eigenvalue weighted by atomic mass is 16.5. The van der Waals surface area contributed by atoms with Crippen LogP contribution in [0.25, 0.3) is 0 Å². The number of Topliss-reactive ketones (excluding diaryl/α,β-unsaturated/α-hetero) is 1. The van der Waals surface area contributed by atoms with Crippen LogP contribution in [-0.4, -0.2) is 42.8 Å². The topological polar surface area (TPSA) is 72.6 Å². The average Bonchev–Trinajstić information content (AvgIpc) is 2.59. The number of hydrogen-bond donors (Lipinski definition) is 1. The second-order valence-electron chi connectivity index (χ2n) is 6.10. The standard InChI is InChI=1S/C18H26N2O3/c1-14(21)16-4-2-5-17(12-16)23-11-3-6-18(22)20-9-7-15(13-19)8-10-20/h2,4-5,12,15H,3,6-11,13,19H2,1H3. The van der Waals surface area contributed by atoms with Crippen molar-refractivity contribution in [1.29, 1.82) is 0 Å². The summed E-state index contributed by atoms with van der Waals surface area (Å²) in [4.78, 5) is 25.4. The summed E-state index contributed by atoms with van der Waals surface area (Å²) in [5.41, 5.74) is 6.31. The fourth-order valence-electron chi connectivity index (χ4n) is 2.79. The molecule has 1 heterocycles. The van der Waals surface area contributed by atoms with Gasteiger partial charge < -0.3 is 15.4 Å². The lowest BCUT2D eigenvalue weighted by molar-refractivity contribution is -0.132. The van der Waals surface area contributed by atoms with Gasteiger partial charge in [-0.1, -0.05) is 12.1 Å². The van der Waals surface area contributed by atoms with E-state index in [0.29, 0.717) is 36.7 Å². The largest absolute Gasteiger partial charge is 0.494 e. The summed E-state index contributed by atoms with van der Waals surface area (Å²) in [6, 6.07) is 7.14. The molecule has 0 atom stereocenters. The Labute approximate surface area is 137 Å². The monoisotopic (exact) mass is 318 g/mol. The maximum Gasteiger partial charge on any atom is 0.222 e. The smallest absolute Gasteiger partial charge is 0.222 e. The predicted molar refractivity (Wildman–Crippen MR) is 89.5 cm³/mol. The summed E-state index contributed by atoms with van der Waals surface area (Å²) in [5.74, 6) is 1.46. The first-order valence-corrected chi connectivity index (χ1v) is 8.32.